The summed E-state index contributed by atoms with van der Waals surface area (Å²) in [6, 6.07) is 0. The Labute approximate surface area is 132 Å². The highest BCUT2D eigenvalue weighted by molar-refractivity contribution is 7.93. The molecule has 0 saturated carbocycles. The monoisotopic (exact) mass is 350 g/mol. The lowest BCUT2D eigenvalue weighted by Crippen LogP contribution is -2.47. The molecule has 0 unspecified atom stereocenters. The highest BCUT2D eigenvalue weighted by atomic mass is 32.2. The van der Waals surface area contributed by atoms with Gasteiger partial charge < -0.3 is 14.6 Å². The van der Waals surface area contributed by atoms with Gasteiger partial charge in [0.15, 0.2) is 5.79 Å². The third kappa shape index (κ3) is 4.45. The van der Waals surface area contributed by atoms with Crippen molar-refractivity contribution in [1.82, 2.24) is 10.2 Å². The number of carboxylic acids is 1. The zero-order valence-electron chi connectivity index (χ0n) is 12.5. The molecule has 1 saturated heterocycles. The molecule has 1 aromatic rings. The SMILES string of the molecule is Cc1nnc(S(=O)(=O)C[C@@H]2C[C@H](CC(=O)O)OC(C)(C)O2)s1. The number of nitrogens with zero attached hydrogens (tertiary/aromatic N) is 2. The first kappa shape index (κ1) is 17.3. The van der Waals surface area contributed by atoms with Crippen LogP contribution in [0.1, 0.15) is 31.7 Å². The molecule has 0 aromatic carbocycles. The van der Waals surface area contributed by atoms with Gasteiger partial charge in [0.1, 0.15) is 5.01 Å². The fourth-order valence-electron chi connectivity index (χ4n) is 2.36. The lowest BCUT2D eigenvalue weighted by molar-refractivity contribution is -0.295. The maximum absolute atomic E-state index is 12.3. The van der Waals surface area contributed by atoms with Crippen molar-refractivity contribution < 1.29 is 27.8 Å². The van der Waals surface area contributed by atoms with Crippen LogP contribution in [0.25, 0.3) is 0 Å². The number of ether oxygens (including phenoxy) is 2. The zero-order chi connectivity index (χ0) is 16.5. The molecule has 22 heavy (non-hydrogen) atoms. The molecule has 2 rings (SSSR count). The van der Waals surface area contributed by atoms with Crippen LogP contribution in [0.4, 0.5) is 0 Å². The minimum atomic E-state index is -3.62. The van der Waals surface area contributed by atoms with E-state index in [1.807, 2.05) is 0 Å². The summed E-state index contributed by atoms with van der Waals surface area (Å²) >= 11 is 1.00. The molecule has 1 N–H and O–H groups in total. The van der Waals surface area contributed by atoms with E-state index in [1.165, 1.54) is 0 Å². The van der Waals surface area contributed by atoms with Gasteiger partial charge in [0.25, 0.3) is 0 Å². The first-order valence-electron chi connectivity index (χ1n) is 6.68. The van der Waals surface area contributed by atoms with Crippen molar-refractivity contribution in [2.75, 3.05) is 5.75 Å². The molecule has 1 fully saturated rings. The Morgan fingerprint density at radius 1 is 1.36 bits per heavy atom. The summed E-state index contributed by atoms with van der Waals surface area (Å²) in [7, 11) is -3.62. The van der Waals surface area contributed by atoms with Crippen LogP contribution < -0.4 is 0 Å². The second-order valence-electron chi connectivity index (χ2n) is 5.58. The van der Waals surface area contributed by atoms with Crippen LogP contribution in [0.5, 0.6) is 0 Å². The van der Waals surface area contributed by atoms with Gasteiger partial charge in [0, 0.05) is 6.42 Å². The average Bonchev–Trinajstić information content (AvgIpc) is 2.72. The van der Waals surface area contributed by atoms with Crippen molar-refractivity contribution in [2.45, 2.75) is 55.9 Å². The molecule has 1 aliphatic rings. The normalized spacial score (nSPS) is 25.0. The fourth-order valence-corrected chi connectivity index (χ4v) is 4.85. The average molecular weight is 350 g/mol. The van der Waals surface area contributed by atoms with Gasteiger partial charge in [-0.15, -0.1) is 10.2 Å². The quantitative estimate of drug-likeness (QED) is 0.836. The predicted octanol–water partition coefficient (Wildman–Crippen LogP) is 1.01. The van der Waals surface area contributed by atoms with Crippen molar-refractivity contribution in [3.8, 4) is 0 Å². The number of aliphatic carboxylic acids is 1. The molecular weight excluding hydrogens is 332 g/mol. The second-order valence-corrected chi connectivity index (χ2v) is 8.97. The summed E-state index contributed by atoms with van der Waals surface area (Å²) in [6.07, 6.45) is -1.23. The molecule has 0 spiro atoms. The molecule has 10 heteroatoms. The van der Waals surface area contributed by atoms with Gasteiger partial charge in [-0.25, -0.2) is 8.42 Å². The standard InChI is InChI=1S/C12H18N2O6S2/c1-7-13-14-11(21-7)22(17,18)6-9-4-8(5-10(15)16)19-12(2,3)20-9/h8-9H,4-6H2,1-3H3,(H,15,16)/t8-,9+/m1/s1. The van der Waals surface area contributed by atoms with Crippen molar-refractivity contribution in [3.05, 3.63) is 5.01 Å². The van der Waals surface area contributed by atoms with Gasteiger partial charge in [-0.05, 0) is 20.8 Å². The smallest absolute Gasteiger partial charge is 0.305 e. The summed E-state index contributed by atoms with van der Waals surface area (Å²) in [5.74, 6) is -2.30. The van der Waals surface area contributed by atoms with Gasteiger partial charge in [-0.1, -0.05) is 11.3 Å². The summed E-state index contributed by atoms with van der Waals surface area (Å²) in [5, 5.41) is 16.8. The van der Waals surface area contributed by atoms with E-state index in [-0.39, 0.29) is 22.9 Å². The Bertz CT molecular complexity index is 654. The van der Waals surface area contributed by atoms with Crippen LogP contribution in [-0.2, 0) is 24.1 Å². The molecular formula is C12H18N2O6S2. The van der Waals surface area contributed by atoms with Crippen LogP contribution in [0, 0.1) is 6.92 Å². The number of hydrogen-bond acceptors (Lipinski definition) is 8. The highest BCUT2D eigenvalue weighted by Gasteiger charge is 2.39. The lowest BCUT2D eigenvalue weighted by atomic mass is 10.1. The predicted molar refractivity (Wildman–Crippen MR) is 77.4 cm³/mol. The van der Waals surface area contributed by atoms with Crippen molar-refractivity contribution >= 4 is 27.1 Å². The Hall–Kier alpha value is -1.10. The molecule has 0 amide bonds. The van der Waals surface area contributed by atoms with E-state index in [9.17, 15) is 13.2 Å². The van der Waals surface area contributed by atoms with Crippen LogP contribution in [0.2, 0.25) is 0 Å². The topological polar surface area (TPSA) is 116 Å². The Morgan fingerprint density at radius 2 is 2.00 bits per heavy atom. The number of rotatable bonds is 5. The van der Waals surface area contributed by atoms with Crippen LogP contribution >= 0.6 is 11.3 Å². The van der Waals surface area contributed by atoms with Gasteiger partial charge >= 0.3 is 5.97 Å². The van der Waals surface area contributed by atoms with Gasteiger partial charge in [0.2, 0.25) is 14.2 Å². The molecule has 2 atom stereocenters. The molecule has 1 aromatic heterocycles. The fraction of sp³-hybridized carbons (Fsp3) is 0.750. The van der Waals surface area contributed by atoms with Gasteiger partial charge in [0.05, 0.1) is 24.4 Å². The van der Waals surface area contributed by atoms with E-state index in [1.54, 1.807) is 20.8 Å². The molecule has 0 aliphatic carbocycles. The molecule has 0 bridgehead atoms. The molecule has 1 aliphatic heterocycles. The third-order valence-electron chi connectivity index (χ3n) is 3.01. The van der Waals surface area contributed by atoms with E-state index in [0.29, 0.717) is 5.01 Å². The van der Waals surface area contributed by atoms with Crippen LogP contribution in [0.3, 0.4) is 0 Å². The van der Waals surface area contributed by atoms with E-state index in [0.717, 1.165) is 11.3 Å². The summed E-state index contributed by atoms with van der Waals surface area (Å²) in [4.78, 5) is 10.8. The highest BCUT2D eigenvalue weighted by Crippen LogP contribution is 2.30. The number of carbonyl (C=O) groups is 1. The van der Waals surface area contributed by atoms with E-state index < -0.39 is 33.8 Å². The molecule has 0 radical (unpaired) electrons. The number of aryl methyl sites for hydroxylation is 1. The largest absolute Gasteiger partial charge is 0.481 e. The molecule has 124 valence electrons. The van der Waals surface area contributed by atoms with Gasteiger partial charge in [-0.2, -0.15) is 0 Å². The van der Waals surface area contributed by atoms with E-state index in [4.69, 9.17) is 14.6 Å². The first-order chi connectivity index (χ1) is 10.1. The minimum Gasteiger partial charge on any atom is -0.481 e. The van der Waals surface area contributed by atoms with Crippen LogP contribution in [-0.4, -0.2) is 53.4 Å². The number of hydrogen-bond donors (Lipinski definition) is 1. The van der Waals surface area contributed by atoms with Crippen molar-refractivity contribution in [1.29, 1.82) is 0 Å². The number of carboxylic acid groups (broad SMARTS) is 1. The summed E-state index contributed by atoms with van der Waals surface area (Å²) < 4.78 is 35.7. The Balaban J connectivity index is 2.12. The van der Waals surface area contributed by atoms with E-state index in [2.05, 4.69) is 10.2 Å². The minimum absolute atomic E-state index is 0.0484. The molecule has 2 heterocycles. The van der Waals surface area contributed by atoms with Gasteiger partial charge in [-0.3, -0.25) is 4.79 Å². The maximum atomic E-state index is 12.3. The Morgan fingerprint density at radius 3 is 2.55 bits per heavy atom. The zero-order valence-corrected chi connectivity index (χ0v) is 14.1. The number of aromatic nitrogens is 2. The molecule has 8 nitrogen and oxygen atoms in total. The maximum Gasteiger partial charge on any atom is 0.305 e. The summed E-state index contributed by atoms with van der Waals surface area (Å²) in [6.45, 7) is 4.94. The first-order valence-corrected chi connectivity index (χ1v) is 9.14. The Kier molecular flexibility index (Phi) is 4.85. The van der Waals surface area contributed by atoms with Crippen molar-refractivity contribution in [2.24, 2.45) is 0 Å². The summed E-state index contributed by atoms with van der Waals surface area (Å²) in [5.41, 5.74) is 0. The van der Waals surface area contributed by atoms with Crippen molar-refractivity contribution in [3.63, 3.8) is 0 Å². The second kappa shape index (κ2) is 6.19. The number of sulfone groups is 1. The lowest BCUT2D eigenvalue weighted by Gasteiger charge is -2.40. The van der Waals surface area contributed by atoms with Crippen LogP contribution in [0.15, 0.2) is 4.34 Å². The third-order valence-corrected chi connectivity index (χ3v) is 6.08. The van der Waals surface area contributed by atoms with E-state index >= 15 is 0 Å².